The molecule has 2 rings (SSSR count). The van der Waals surface area contributed by atoms with E-state index in [1.165, 1.54) is 11.6 Å². The summed E-state index contributed by atoms with van der Waals surface area (Å²) in [7, 11) is 1.60. The number of hydrogen-bond donors (Lipinski definition) is 1. The summed E-state index contributed by atoms with van der Waals surface area (Å²) >= 11 is 0. The predicted octanol–water partition coefficient (Wildman–Crippen LogP) is 5.26. The van der Waals surface area contributed by atoms with Crippen molar-refractivity contribution in [2.45, 2.75) is 33.1 Å². The van der Waals surface area contributed by atoms with Gasteiger partial charge in [-0.1, -0.05) is 32.0 Å². The summed E-state index contributed by atoms with van der Waals surface area (Å²) in [5.74, 6) is 1.69. The lowest BCUT2D eigenvalue weighted by Gasteiger charge is -2.10. The van der Waals surface area contributed by atoms with Crippen LogP contribution in [-0.4, -0.2) is 19.6 Å². The van der Waals surface area contributed by atoms with Gasteiger partial charge in [0, 0.05) is 11.8 Å². The average Bonchev–Trinajstić information content (AvgIpc) is 2.67. The summed E-state index contributed by atoms with van der Waals surface area (Å²) in [5, 5.41) is 2.88. The molecule has 0 saturated carbocycles. The van der Waals surface area contributed by atoms with E-state index in [2.05, 4.69) is 31.3 Å². The fourth-order valence-electron chi connectivity index (χ4n) is 2.55. The molecule has 0 aliphatic rings. The standard InChI is InChI=1S/C22H27NO3/c1-5-16(3)18-9-11-19(12-10-18)23-22(24)14-8-17-7-13-20(25-4)21(15-17)26-6-2/h7-16H,5-6H2,1-4H3,(H,23,24)/b14-8+/t16-/m0/s1. The molecule has 4 nitrogen and oxygen atoms in total. The Kier molecular flexibility index (Phi) is 7.27. The van der Waals surface area contributed by atoms with Gasteiger partial charge in [0.15, 0.2) is 11.5 Å². The maximum absolute atomic E-state index is 12.1. The van der Waals surface area contributed by atoms with Crippen molar-refractivity contribution < 1.29 is 14.3 Å². The number of amides is 1. The Morgan fingerprint density at radius 2 is 1.85 bits per heavy atom. The lowest BCUT2D eigenvalue weighted by Crippen LogP contribution is -2.07. The molecule has 0 fully saturated rings. The van der Waals surface area contributed by atoms with Gasteiger partial charge in [-0.25, -0.2) is 0 Å². The maximum Gasteiger partial charge on any atom is 0.248 e. The zero-order valence-corrected chi connectivity index (χ0v) is 15.9. The number of rotatable bonds is 8. The summed E-state index contributed by atoms with van der Waals surface area (Å²) in [5.41, 5.74) is 2.94. The van der Waals surface area contributed by atoms with E-state index < -0.39 is 0 Å². The lowest BCUT2D eigenvalue weighted by molar-refractivity contribution is -0.111. The highest BCUT2D eigenvalue weighted by atomic mass is 16.5. The van der Waals surface area contributed by atoms with E-state index in [4.69, 9.17) is 9.47 Å². The molecular formula is C22H27NO3. The normalized spacial score (nSPS) is 12.0. The number of hydrogen-bond acceptors (Lipinski definition) is 3. The van der Waals surface area contributed by atoms with E-state index in [0.717, 1.165) is 17.7 Å². The lowest BCUT2D eigenvalue weighted by atomic mass is 9.99. The Bertz CT molecular complexity index is 750. The van der Waals surface area contributed by atoms with Crippen LogP contribution in [0.2, 0.25) is 0 Å². The predicted molar refractivity (Wildman–Crippen MR) is 107 cm³/mol. The molecular weight excluding hydrogens is 326 g/mol. The first-order valence-corrected chi connectivity index (χ1v) is 8.97. The van der Waals surface area contributed by atoms with Gasteiger partial charge >= 0.3 is 0 Å². The fraction of sp³-hybridized carbons (Fsp3) is 0.318. The molecule has 4 heteroatoms. The monoisotopic (exact) mass is 353 g/mol. The van der Waals surface area contributed by atoms with E-state index in [9.17, 15) is 4.79 Å². The third kappa shape index (κ3) is 5.38. The largest absolute Gasteiger partial charge is 0.493 e. The van der Waals surface area contributed by atoms with Crippen LogP contribution in [0.5, 0.6) is 11.5 Å². The van der Waals surface area contributed by atoms with Crippen molar-refractivity contribution in [1.82, 2.24) is 0 Å². The summed E-state index contributed by atoms with van der Waals surface area (Å²) in [6, 6.07) is 13.6. The van der Waals surface area contributed by atoms with Gasteiger partial charge in [0.05, 0.1) is 13.7 Å². The molecule has 0 aromatic heterocycles. The molecule has 1 N–H and O–H groups in total. The van der Waals surface area contributed by atoms with Gasteiger partial charge in [-0.15, -0.1) is 0 Å². The van der Waals surface area contributed by atoms with E-state index in [-0.39, 0.29) is 5.91 Å². The first-order chi connectivity index (χ1) is 12.6. The molecule has 0 saturated heterocycles. The fourth-order valence-corrected chi connectivity index (χ4v) is 2.55. The summed E-state index contributed by atoms with van der Waals surface area (Å²) in [4.78, 5) is 12.1. The zero-order chi connectivity index (χ0) is 18.9. The van der Waals surface area contributed by atoms with Crippen LogP contribution in [-0.2, 0) is 4.79 Å². The minimum absolute atomic E-state index is 0.171. The van der Waals surface area contributed by atoms with Crippen molar-refractivity contribution in [3.8, 4) is 11.5 Å². The smallest absolute Gasteiger partial charge is 0.248 e. The van der Waals surface area contributed by atoms with Crippen LogP contribution in [0.4, 0.5) is 5.69 Å². The van der Waals surface area contributed by atoms with Crippen LogP contribution < -0.4 is 14.8 Å². The summed E-state index contributed by atoms with van der Waals surface area (Å²) in [6.45, 7) is 6.83. The van der Waals surface area contributed by atoms with Crippen LogP contribution in [0.3, 0.4) is 0 Å². The molecule has 0 aliphatic heterocycles. The molecule has 1 atom stereocenters. The Balaban J connectivity index is 2.02. The van der Waals surface area contributed by atoms with Crippen molar-refractivity contribution in [1.29, 1.82) is 0 Å². The second-order valence-electron chi connectivity index (χ2n) is 6.10. The Labute approximate surface area is 155 Å². The third-order valence-electron chi connectivity index (χ3n) is 4.27. The molecule has 2 aromatic carbocycles. The quantitative estimate of drug-likeness (QED) is 0.659. The van der Waals surface area contributed by atoms with Gasteiger partial charge in [-0.2, -0.15) is 0 Å². The molecule has 1 amide bonds. The third-order valence-corrected chi connectivity index (χ3v) is 4.27. The molecule has 0 spiro atoms. The molecule has 0 radical (unpaired) electrons. The van der Waals surface area contributed by atoms with Gasteiger partial charge in [-0.05, 0) is 60.7 Å². The Hall–Kier alpha value is -2.75. The Morgan fingerprint density at radius 3 is 2.46 bits per heavy atom. The second kappa shape index (κ2) is 9.66. The number of carbonyl (C=O) groups excluding carboxylic acids is 1. The van der Waals surface area contributed by atoms with Crippen molar-refractivity contribution in [3.63, 3.8) is 0 Å². The van der Waals surface area contributed by atoms with E-state index >= 15 is 0 Å². The van der Waals surface area contributed by atoms with Gasteiger partial charge in [0.2, 0.25) is 5.91 Å². The van der Waals surface area contributed by atoms with Crippen LogP contribution >= 0.6 is 0 Å². The molecule has 0 heterocycles. The number of methoxy groups -OCH3 is 1. The van der Waals surface area contributed by atoms with E-state index in [0.29, 0.717) is 24.0 Å². The molecule has 0 aliphatic carbocycles. The SMILES string of the molecule is CCOc1cc(/C=C/C(=O)Nc2ccc([C@@H](C)CC)cc2)ccc1OC. The van der Waals surface area contributed by atoms with Crippen molar-refractivity contribution >= 4 is 17.7 Å². The highest BCUT2D eigenvalue weighted by molar-refractivity contribution is 6.01. The zero-order valence-electron chi connectivity index (χ0n) is 15.9. The van der Waals surface area contributed by atoms with Crippen LogP contribution in [0, 0.1) is 0 Å². The van der Waals surface area contributed by atoms with Crippen molar-refractivity contribution in [2.24, 2.45) is 0 Å². The molecule has 2 aromatic rings. The Morgan fingerprint density at radius 1 is 1.12 bits per heavy atom. The molecule has 0 bridgehead atoms. The maximum atomic E-state index is 12.1. The highest BCUT2D eigenvalue weighted by Crippen LogP contribution is 2.28. The number of benzene rings is 2. The highest BCUT2D eigenvalue weighted by Gasteiger charge is 2.05. The van der Waals surface area contributed by atoms with Gasteiger partial charge in [0.1, 0.15) is 0 Å². The van der Waals surface area contributed by atoms with Crippen molar-refractivity contribution in [2.75, 3.05) is 19.0 Å². The number of anilines is 1. The topological polar surface area (TPSA) is 47.6 Å². The minimum Gasteiger partial charge on any atom is -0.493 e. The van der Waals surface area contributed by atoms with Gasteiger partial charge in [0.25, 0.3) is 0 Å². The number of nitrogens with one attached hydrogen (secondary N) is 1. The summed E-state index contributed by atoms with van der Waals surface area (Å²) < 4.78 is 10.8. The number of carbonyl (C=O) groups is 1. The minimum atomic E-state index is -0.171. The van der Waals surface area contributed by atoms with Crippen molar-refractivity contribution in [3.05, 3.63) is 59.7 Å². The molecule has 0 unspecified atom stereocenters. The first kappa shape index (κ1) is 19.6. The van der Waals surface area contributed by atoms with Crippen LogP contribution in [0.1, 0.15) is 44.2 Å². The van der Waals surface area contributed by atoms with Gasteiger partial charge in [-0.3, -0.25) is 4.79 Å². The van der Waals surface area contributed by atoms with Crippen LogP contribution in [0.25, 0.3) is 6.08 Å². The summed E-state index contributed by atoms with van der Waals surface area (Å²) in [6.07, 6.45) is 4.37. The van der Waals surface area contributed by atoms with Gasteiger partial charge < -0.3 is 14.8 Å². The average molecular weight is 353 g/mol. The first-order valence-electron chi connectivity index (χ1n) is 8.97. The molecule has 138 valence electrons. The molecule has 26 heavy (non-hydrogen) atoms. The second-order valence-corrected chi connectivity index (χ2v) is 6.10. The number of ether oxygens (including phenoxy) is 2. The van der Waals surface area contributed by atoms with Crippen LogP contribution in [0.15, 0.2) is 48.5 Å². The van der Waals surface area contributed by atoms with E-state index in [1.54, 1.807) is 13.2 Å². The van der Waals surface area contributed by atoms with E-state index in [1.807, 2.05) is 37.3 Å².